The van der Waals surface area contributed by atoms with Gasteiger partial charge in [0, 0.05) is 28.1 Å². The summed E-state index contributed by atoms with van der Waals surface area (Å²) < 4.78 is 12.8. The zero-order valence-electron chi connectivity index (χ0n) is 30.9. The zero-order valence-corrected chi connectivity index (χ0v) is 30.9. The van der Waals surface area contributed by atoms with Crippen molar-refractivity contribution >= 4 is 62.0 Å². The molecule has 0 bridgehead atoms. The quantitative estimate of drug-likeness (QED) is 0.170. The number of rotatable bonds is 6. The lowest BCUT2D eigenvalue weighted by molar-refractivity contribution is 0.477. The van der Waals surface area contributed by atoms with Crippen molar-refractivity contribution in [3.63, 3.8) is 0 Å². The van der Waals surface area contributed by atoms with Crippen molar-refractivity contribution in [2.45, 2.75) is 0 Å². The molecule has 0 saturated heterocycles. The molecule has 0 unspecified atom stereocenters. The third-order valence-corrected chi connectivity index (χ3v) is 10.8. The van der Waals surface area contributed by atoms with Crippen LogP contribution in [0.2, 0.25) is 0 Å². The molecule has 0 saturated carbocycles. The van der Waals surface area contributed by atoms with E-state index in [1.54, 1.807) is 0 Å². The van der Waals surface area contributed by atoms with Crippen LogP contribution in [0.5, 0.6) is 23.0 Å². The van der Waals surface area contributed by atoms with Gasteiger partial charge in [-0.25, -0.2) is 0 Å². The van der Waals surface area contributed by atoms with Gasteiger partial charge >= 0.3 is 0 Å². The van der Waals surface area contributed by atoms with Gasteiger partial charge in [-0.2, -0.15) is 0 Å². The van der Waals surface area contributed by atoms with Gasteiger partial charge in [-0.15, -0.1) is 0 Å². The predicted molar refractivity (Wildman–Crippen MR) is 234 cm³/mol. The summed E-state index contributed by atoms with van der Waals surface area (Å²) in [6.07, 6.45) is 0. The molecule has 0 N–H and O–H groups in total. The van der Waals surface area contributed by atoms with Crippen LogP contribution in [-0.2, 0) is 0 Å². The Hall–Kier alpha value is -7.76. The lowest BCUT2D eigenvalue weighted by atomic mass is 10.0. The van der Waals surface area contributed by atoms with Crippen molar-refractivity contribution in [3.8, 4) is 34.1 Å². The van der Waals surface area contributed by atoms with Gasteiger partial charge in [0.1, 0.15) is 0 Å². The Labute approximate surface area is 331 Å². The molecule has 2 heterocycles. The Bertz CT molecular complexity index is 2880. The van der Waals surface area contributed by atoms with E-state index >= 15 is 0 Å². The number of ether oxygens (including phenoxy) is 2. The summed E-state index contributed by atoms with van der Waals surface area (Å²) in [5.41, 5.74) is 11.6. The van der Waals surface area contributed by atoms with E-state index in [0.29, 0.717) is 0 Å². The van der Waals surface area contributed by atoms with Crippen molar-refractivity contribution in [2.24, 2.45) is 0 Å². The number of nitrogens with zero attached hydrogens (tertiary/aromatic N) is 3. The first-order valence-corrected chi connectivity index (χ1v) is 19.2. The number of fused-ring (bicyclic) bond motifs is 5. The molecule has 2 aliphatic heterocycles. The van der Waals surface area contributed by atoms with E-state index in [4.69, 9.17) is 9.47 Å². The smallest absolute Gasteiger partial charge is 0.152 e. The average Bonchev–Trinajstić information content (AvgIpc) is 3.28. The molecular formula is C52H35N3O2. The third-order valence-electron chi connectivity index (χ3n) is 10.8. The Balaban J connectivity index is 0.977. The molecule has 11 rings (SSSR count). The van der Waals surface area contributed by atoms with Crippen LogP contribution >= 0.6 is 0 Å². The van der Waals surface area contributed by atoms with Gasteiger partial charge in [0.15, 0.2) is 23.0 Å². The van der Waals surface area contributed by atoms with Crippen molar-refractivity contribution < 1.29 is 9.47 Å². The molecule has 9 aromatic rings. The zero-order chi connectivity index (χ0) is 37.7. The second-order valence-corrected chi connectivity index (χ2v) is 14.2. The van der Waals surface area contributed by atoms with Crippen molar-refractivity contribution in [2.75, 3.05) is 14.7 Å². The fourth-order valence-electron chi connectivity index (χ4n) is 8.16. The standard InChI is InChI=1S/C52H35N3O2/c1-2-15-39(16-3-1)54-47-20-8-11-24-51(47)57-52-35-38(27-34-48(52)54)36-25-28-40(29-26-36)53(44-21-12-14-37-13-4-5-17-43(37)44)41-30-32-42(33-31-41)55-45-18-6-9-22-49(45)56-50-23-10-7-19-46(50)55/h1-35H. The number of anilines is 9. The summed E-state index contributed by atoms with van der Waals surface area (Å²) in [6, 6.07) is 74.3. The molecular weight excluding hydrogens is 699 g/mol. The molecule has 270 valence electrons. The van der Waals surface area contributed by atoms with E-state index in [1.807, 2.05) is 42.5 Å². The molecule has 0 aliphatic carbocycles. The maximum absolute atomic E-state index is 6.54. The molecule has 0 spiro atoms. The first kappa shape index (κ1) is 32.7. The SMILES string of the molecule is c1ccc(N2c3ccccc3Oc3cc(-c4ccc(N(c5ccc(N6c7ccccc7Oc7ccccc76)cc5)c5cccc6ccccc56)cc4)ccc32)cc1. The van der Waals surface area contributed by atoms with E-state index in [9.17, 15) is 0 Å². The molecule has 57 heavy (non-hydrogen) atoms. The van der Waals surface area contributed by atoms with Gasteiger partial charge in [-0.05, 0) is 120 Å². The normalized spacial score (nSPS) is 12.4. The maximum Gasteiger partial charge on any atom is 0.152 e. The molecule has 0 aromatic heterocycles. The van der Waals surface area contributed by atoms with Crippen LogP contribution in [0.15, 0.2) is 212 Å². The molecule has 0 radical (unpaired) electrons. The number of para-hydroxylation sites is 7. The predicted octanol–water partition coefficient (Wildman–Crippen LogP) is 15.1. The van der Waals surface area contributed by atoms with Crippen LogP contribution in [0.25, 0.3) is 21.9 Å². The van der Waals surface area contributed by atoms with Gasteiger partial charge in [0.05, 0.1) is 28.4 Å². The molecule has 0 amide bonds. The average molecular weight is 734 g/mol. The summed E-state index contributed by atoms with van der Waals surface area (Å²) >= 11 is 0. The summed E-state index contributed by atoms with van der Waals surface area (Å²) in [5, 5.41) is 2.37. The monoisotopic (exact) mass is 733 g/mol. The van der Waals surface area contributed by atoms with E-state index in [1.165, 1.54) is 10.8 Å². The van der Waals surface area contributed by atoms with Crippen molar-refractivity contribution in [1.82, 2.24) is 0 Å². The van der Waals surface area contributed by atoms with E-state index in [-0.39, 0.29) is 0 Å². The third kappa shape index (κ3) is 5.64. The first-order chi connectivity index (χ1) is 28.3. The summed E-state index contributed by atoms with van der Waals surface area (Å²) in [7, 11) is 0. The highest BCUT2D eigenvalue weighted by Gasteiger charge is 2.27. The fraction of sp³-hybridized carbons (Fsp3) is 0. The molecule has 9 aromatic carbocycles. The highest BCUT2D eigenvalue weighted by atomic mass is 16.5. The number of benzene rings is 9. The second kappa shape index (κ2) is 13.5. The Morgan fingerprint density at radius 2 is 0.807 bits per heavy atom. The van der Waals surface area contributed by atoms with Gasteiger partial charge in [0.2, 0.25) is 0 Å². The minimum atomic E-state index is 0.821. The largest absolute Gasteiger partial charge is 0.453 e. The van der Waals surface area contributed by atoms with Crippen LogP contribution in [0, 0.1) is 0 Å². The van der Waals surface area contributed by atoms with E-state index in [2.05, 4.69) is 185 Å². The van der Waals surface area contributed by atoms with Gasteiger partial charge in [-0.3, -0.25) is 0 Å². The Morgan fingerprint density at radius 3 is 1.46 bits per heavy atom. The highest BCUT2D eigenvalue weighted by Crippen LogP contribution is 2.52. The Kier molecular flexibility index (Phi) is 7.74. The molecule has 5 nitrogen and oxygen atoms in total. The van der Waals surface area contributed by atoms with E-state index < -0.39 is 0 Å². The lowest BCUT2D eigenvalue weighted by Crippen LogP contribution is -2.16. The fourth-order valence-corrected chi connectivity index (χ4v) is 8.16. The minimum absolute atomic E-state index is 0.821. The van der Waals surface area contributed by atoms with Gasteiger partial charge in [0.25, 0.3) is 0 Å². The molecule has 5 heteroatoms. The molecule has 2 aliphatic rings. The first-order valence-electron chi connectivity index (χ1n) is 19.2. The number of hydrogen-bond donors (Lipinski definition) is 0. The van der Waals surface area contributed by atoms with Crippen LogP contribution in [-0.4, -0.2) is 0 Å². The maximum atomic E-state index is 6.54. The van der Waals surface area contributed by atoms with Gasteiger partial charge in [-0.1, -0.05) is 109 Å². The Morgan fingerprint density at radius 1 is 0.333 bits per heavy atom. The number of hydrogen-bond acceptors (Lipinski definition) is 5. The topological polar surface area (TPSA) is 28.2 Å². The van der Waals surface area contributed by atoms with Crippen LogP contribution in [0.1, 0.15) is 0 Å². The second-order valence-electron chi connectivity index (χ2n) is 14.2. The van der Waals surface area contributed by atoms with Crippen LogP contribution in [0.4, 0.5) is 51.2 Å². The van der Waals surface area contributed by atoms with Gasteiger partial charge < -0.3 is 24.2 Å². The minimum Gasteiger partial charge on any atom is -0.453 e. The van der Waals surface area contributed by atoms with Crippen molar-refractivity contribution in [1.29, 1.82) is 0 Å². The summed E-state index contributed by atoms with van der Waals surface area (Å²) in [5.74, 6) is 3.32. The van der Waals surface area contributed by atoms with Crippen molar-refractivity contribution in [3.05, 3.63) is 212 Å². The molecule has 0 atom stereocenters. The van der Waals surface area contributed by atoms with E-state index in [0.717, 1.165) is 85.3 Å². The lowest BCUT2D eigenvalue weighted by Gasteiger charge is -2.33. The summed E-state index contributed by atoms with van der Waals surface area (Å²) in [4.78, 5) is 6.89. The molecule has 0 fully saturated rings. The summed E-state index contributed by atoms with van der Waals surface area (Å²) in [6.45, 7) is 0. The van der Waals surface area contributed by atoms with Crippen LogP contribution in [0.3, 0.4) is 0 Å². The van der Waals surface area contributed by atoms with Crippen LogP contribution < -0.4 is 24.2 Å². The highest BCUT2D eigenvalue weighted by molar-refractivity contribution is 5.99.